The van der Waals surface area contributed by atoms with Gasteiger partial charge in [-0.25, -0.2) is 0 Å². The van der Waals surface area contributed by atoms with E-state index >= 15 is 0 Å². The van der Waals surface area contributed by atoms with Gasteiger partial charge in [0.15, 0.2) is 0 Å². The van der Waals surface area contributed by atoms with Gasteiger partial charge in [0, 0.05) is 36.5 Å². The fraction of sp³-hybridized carbons (Fsp3) is 0.423. The lowest BCUT2D eigenvalue weighted by atomic mass is 10.0. The number of fused-ring (bicyclic) bond motifs is 1. The largest absolute Gasteiger partial charge is 0.491 e. The third-order valence-electron chi connectivity index (χ3n) is 6.14. The zero-order valence-corrected chi connectivity index (χ0v) is 21.7. The van der Waals surface area contributed by atoms with E-state index in [0.29, 0.717) is 17.8 Å². The van der Waals surface area contributed by atoms with Crippen LogP contribution in [0.4, 0.5) is 0 Å². The molecule has 1 saturated heterocycles. The van der Waals surface area contributed by atoms with Gasteiger partial charge >= 0.3 is 11.6 Å². The van der Waals surface area contributed by atoms with Crippen molar-refractivity contribution >= 4 is 39.3 Å². The summed E-state index contributed by atoms with van der Waals surface area (Å²) in [5, 5.41) is 11.6. The number of nitrogens with one attached hydrogen (secondary N) is 1. The van der Waals surface area contributed by atoms with Gasteiger partial charge in [0.2, 0.25) is 0 Å². The second-order valence-electron chi connectivity index (χ2n) is 8.82. The number of thioether (sulfide) groups is 1. The molecule has 0 aliphatic carbocycles. The summed E-state index contributed by atoms with van der Waals surface area (Å²) >= 11 is 0.976. The first-order valence-corrected chi connectivity index (χ1v) is 13.5. The Kier molecular flexibility index (Phi) is 9.57. The Bertz CT molecular complexity index is 1220. The molecular formula is C26H30N2O6S2. The van der Waals surface area contributed by atoms with Crippen molar-refractivity contribution in [2.45, 2.75) is 31.4 Å². The average molecular weight is 531 g/mol. The standard InChI is InChI=1S/C26H30N2O4S.O2S/c1-17-2-4-20(5-3-17)32-21-12-19-13-23(26-27-15-22(33-26)6-9-29)28-25(19)24(14-21)31-16-18-7-10-30-11-8-18;1-3-2/h2-5,12-14,18,22,28-29H,6-11,15-16H2,1H3;. The molecule has 2 aromatic carbocycles. The van der Waals surface area contributed by atoms with E-state index in [1.807, 2.05) is 36.4 Å². The molecule has 5 rings (SSSR count). The lowest BCUT2D eigenvalue weighted by Gasteiger charge is -2.22. The van der Waals surface area contributed by atoms with Crippen LogP contribution >= 0.6 is 11.8 Å². The number of ether oxygens (including phenoxy) is 3. The first-order valence-electron chi connectivity index (χ1n) is 12.0. The number of rotatable bonds is 8. The number of aromatic nitrogens is 1. The van der Waals surface area contributed by atoms with Crippen LogP contribution in [-0.4, -0.2) is 61.8 Å². The van der Waals surface area contributed by atoms with Crippen molar-refractivity contribution in [2.24, 2.45) is 10.9 Å². The lowest BCUT2D eigenvalue weighted by Crippen LogP contribution is -2.21. The Morgan fingerprint density at radius 2 is 1.89 bits per heavy atom. The third-order valence-corrected chi connectivity index (χ3v) is 7.43. The summed E-state index contributed by atoms with van der Waals surface area (Å²) in [5.41, 5.74) is 3.14. The van der Waals surface area contributed by atoms with Gasteiger partial charge in [-0.3, -0.25) is 4.99 Å². The van der Waals surface area contributed by atoms with Gasteiger partial charge in [-0.15, -0.1) is 0 Å². The van der Waals surface area contributed by atoms with Gasteiger partial charge in [-0.1, -0.05) is 29.5 Å². The molecule has 1 fully saturated rings. The summed E-state index contributed by atoms with van der Waals surface area (Å²) in [4.78, 5) is 8.24. The normalized spacial score (nSPS) is 17.8. The molecule has 2 N–H and O–H groups in total. The van der Waals surface area contributed by atoms with Crippen molar-refractivity contribution in [1.29, 1.82) is 0 Å². The summed E-state index contributed by atoms with van der Waals surface area (Å²) < 4.78 is 34.6. The van der Waals surface area contributed by atoms with Gasteiger partial charge in [-0.05, 0) is 56.4 Å². The number of aryl methyl sites for hydroxylation is 1. The van der Waals surface area contributed by atoms with Crippen LogP contribution in [0.25, 0.3) is 10.9 Å². The highest BCUT2D eigenvalue weighted by molar-refractivity contribution is 8.15. The maximum absolute atomic E-state index is 9.26. The van der Waals surface area contributed by atoms with Crippen molar-refractivity contribution in [3.05, 3.63) is 53.7 Å². The second kappa shape index (κ2) is 13.0. The van der Waals surface area contributed by atoms with E-state index in [1.54, 1.807) is 11.8 Å². The molecule has 0 saturated carbocycles. The third kappa shape index (κ3) is 6.97. The molecule has 0 amide bonds. The minimum absolute atomic E-state index is 0.192. The van der Waals surface area contributed by atoms with Crippen LogP contribution in [0.1, 0.15) is 30.5 Å². The molecule has 1 aromatic heterocycles. The SMILES string of the molecule is Cc1ccc(Oc2cc(OCC3CCOCC3)c3[nH]c(C4=NCC(CCO)S4)cc3c2)cc1.O=S=O. The molecule has 0 spiro atoms. The van der Waals surface area contributed by atoms with E-state index < -0.39 is 11.6 Å². The monoisotopic (exact) mass is 530 g/mol. The predicted molar refractivity (Wildman–Crippen MR) is 142 cm³/mol. The smallest absolute Gasteiger partial charge is 0.335 e. The molecule has 3 aromatic rings. The van der Waals surface area contributed by atoms with Crippen LogP contribution in [-0.2, 0) is 16.3 Å². The highest BCUT2D eigenvalue weighted by Crippen LogP contribution is 2.36. The molecule has 8 nitrogen and oxygen atoms in total. The van der Waals surface area contributed by atoms with Crippen molar-refractivity contribution in [3.8, 4) is 17.2 Å². The van der Waals surface area contributed by atoms with E-state index in [1.165, 1.54) is 5.56 Å². The fourth-order valence-corrected chi connectivity index (χ4v) is 5.27. The van der Waals surface area contributed by atoms with Crippen molar-refractivity contribution < 1.29 is 27.7 Å². The Labute approximate surface area is 218 Å². The Morgan fingerprint density at radius 3 is 2.61 bits per heavy atom. The second-order valence-corrected chi connectivity index (χ2v) is 10.2. The first kappa shape index (κ1) is 26.4. The number of hydrogen-bond acceptors (Lipinski definition) is 8. The lowest BCUT2D eigenvalue weighted by molar-refractivity contribution is 0.0499. The molecular weight excluding hydrogens is 500 g/mol. The van der Waals surface area contributed by atoms with E-state index in [-0.39, 0.29) is 6.61 Å². The van der Waals surface area contributed by atoms with Gasteiger partial charge in [-0.2, -0.15) is 8.42 Å². The summed E-state index contributed by atoms with van der Waals surface area (Å²) in [6, 6.07) is 14.2. The number of aliphatic hydroxyl groups excluding tert-OH is 1. The number of H-pyrrole nitrogens is 1. The molecule has 36 heavy (non-hydrogen) atoms. The van der Waals surface area contributed by atoms with Gasteiger partial charge in [0.25, 0.3) is 0 Å². The van der Waals surface area contributed by atoms with Crippen molar-refractivity contribution in [3.63, 3.8) is 0 Å². The molecule has 10 heteroatoms. The topological polar surface area (TPSA) is 110 Å². The molecule has 2 aliphatic heterocycles. The van der Waals surface area contributed by atoms with Gasteiger partial charge in [0.1, 0.15) is 22.3 Å². The number of hydrogen-bond donors (Lipinski definition) is 2. The van der Waals surface area contributed by atoms with Crippen LogP contribution in [0, 0.1) is 12.8 Å². The van der Waals surface area contributed by atoms with Crippen LogP contribution in [0.2, 0.25) is 0 Å². The van der Waals surface area contributed by atoms with Crippen molar-refractivity contribution in [1.82, 2.24) is 4.98 Å². The van der Waals surface area contributed by atoms with Crippen LogP contribution < -0.4 is 9.47 Å². The summed E-state index contributed by atoms with van der Waals surface area (Å²) in [7, 11) is 0. The fourth-order valence-electron chi connectivity index (χ4n) is 4.20. The molecule has 0 bridgehead atoms. The van der Waals surface area contributed by atoms with Gasteiger partial charge in [0.05, 0.1) is 24.4 Å². The maximum Gasteiger partial charge on any atom is 0.335 e. The minimum atomic E-state index is -0.750. The van der Waals surface area contributed by atoms with Crippen LogP contribution in [0.3, 0.4) is 0 Å². The Morgan fingerprint density at radius 1 is 1.14 bits per heavy atom. The molecule has 2 aliphatic rings. The number of benzene rings is 2. The molecule has 0 radical (unpaired) electrons. The zero-order valence-electron chi connectivity index (χ0n) is 20.1. The van der Waals surface area contributed by atoms with E-state index in [9.17, 15) is 5.11 Å². The highest BCUT2D eigenvalue weighted by Gasteiger charge is 2.23. The molecule has 3 heterocycles. The first-order chi connectivity index (χ1) is 17.6. The van der Waals surface area contributed by atoms with Gasteiger partial charge < -0.3 is 24.3 Å². The molecule has 1 unspecified atom stereocenters. The molecule has 1 atom stereocenters. The zero-order chi connectivity index (χ0) is 25.3. The summed E-state index contributed by atoms with van der Waals surface area (Å²) in [6.45, 7) is 5.27. The summed E-state index contributed by atoms with van der Waals surface area (Å²) in [6.07, 6.45) is 2.81. The highest BCUT2D eigenvalue weighted by atomic mass is 32.2. The van der Waals surface area contributed by atoms with Crippen molar-refractivity contribution in [2.75, 3.05) is 33.0 Å². The average Bonchev–Trinajstić information content (AvgIpc) is 3.53. The predicted octanol–water partition coefficient (Wildman–Crippen LogP) is 4.65. The van der Waals surface area contributed by atoms with Crippen LogP contribution in [0.5, 0.6) is 17.2 Å². The van der Waals surface area contributed by atoms with E-state index in [0.717, 1.165) is 77.9 Å². The Balaban J connectivity index is 0.000000967. The van der Waals surface area contributed by atoms with Crippen LogP contribution in [0.15, 0.2) is 47.5 Å². The number of aliphatic imine (C=N–C) groups is 1. The maximum atomic E-state index is 9.26. The number of nitrogens with zero attached hydrogens (tertiary/aromatic N) is 1. The molecule has 192 valence electrons. The van der Waals surface area contributed by atoms with E-state index in [4.69, 9.17) is 27.6 Å². The number of aromatic amines is 1. The van der Waals surface area contributed by atoms with E-state index in [2.05, 4.69) is 18.0 Å². The quantitative estimate of drug-likeness (QED) is 0.436. The summed E-state index contributed by atoms with van der Waals surface area (Å²) in [5.74, 6) is 2.84. The number of aliphatic hydroxyl groups is 1. The Hall–Kier alpha value is -2.66. The minimum Gasteiger partial charge on any atom is -0.491 e.